The van der Waals surface area contributed by atoms with Crippen molar-refractivity contribution in [1.82, 2.24) is 10.2 Å². The molecule has 1 saturated carbocycles. The second kappa shape index (κ2) is 11.3. The number of nitrogens with one attached hydrogen (secondary N) is 1. The second-order valence-electron chi connectivity index (χ2n) is 7.83. The van der Waals surface area contributed by atoms with E-state index in [0.29, 0.717) is 19.7 Å². The molecule has 7 nitrogen and oxygen atoms in total. The van der Waals surface area contributed by atoms with Crippen molar-refractivity contribution >= 4 is 16.1 Å². The van der Waals surface area contributed by atoms with Gasteiger partial charge in [-0.15, -0.1) is 0 Å². The molecule has 0 unspecified atom stereocenters. The summed E-state index contributed by atoms with van der Waals surface area (Å²) in [6.45, 7) is 1.20. The lowest BCUT2D eigenvalue weighted by molar-refractivity contribution is 0.143. The Bertz CT molecular complexity index is 974. The molecule has 1 N–H and O–H groups in total. The first-order valence-corrected chi connectivity index (χ1v) is 12.1. The molecule has 174 valence electrons. The van der Waals surface area contributed by atoms with Crippen molar-refractivity contribution in [3.05, 3.63) is 59.9 Å². The van der Waals surface area contributed by atoms with Crippen LogP contribution in [0.5, 0.6) is 5.75 Å². The largest absolute Gasteiger partial charge is 0.383 e. The lowest BCUT2D eigenvalue weighted by Gasteiger charge is -2.28. The van der Waals surface area contributed by atoms with Crippen LogP contribution in [-0.4, -0.2) is 45.7 Å². The van der Waals surface area contributed by atoms with E-state index >= 15 is 0 Å². The maximum absolute atomic E-state index is 13.0. The third kappa shape index (κ3) is 6.93. The van der Waals surface area contributed by atoms with E-state index in [0.717, 1.165) is 55.5 Å². The molecule has 0 spiro atoms. The summed E-state index contributed by atoms with van der Waals surface area (Å²) in [6, 6.07) is 11.0. The number of hydrogen-bond donors (Lipinski definition) is 1. The van der Waals surface area contributed by atoms with Gasteiger partial charge in [0.15, 0.2) is 0 Å². The molecule has 0 aliphatic heterocycles. The number of amides is 2. The number of ether oxygens (including phenoxy) is 1. The van der Waals surface area contributed by atoms with Crippen molar-refractivity contribution in [1.29, 1.82) is 0 Å². The first-order chi connectivity index (χ1) is 15.4. The summed E-state index contributed by atoms with van der Waals surface area (Å²) < 4.78 is 48.0. The molecular formula is C23H29FN2O5S. The summed E-state index contributed by atoms with van der Waals surface area (Å²) in [5.41, 5.74) is 0.825. The fourth-order valence-corrected chi connectivity index (χ4v) is 4.54. The molecule has 0 radical (unpaired) electrons. The number of urea groups is 1. The van der Waals surface area contributed by atoms with Crippen LogP contribution in [0, 0.1) is 5.82 Å². The van der Waals surface area contributed by atoms with Gasteiger partial charge in [-0.25, -0.2) is 9.18 Å². The number of hydrogen-bond acceptors (Lipinski definition) is 5. The molecule has 0 saturated heterocycles. The van der Waals surface area contributed by atoms with Crippen LogP contribution in [0.15, 0.2) is 53.4 Å². The smallest absolute Gasteiger partial charge is 0.339 e. The summed E-state index contributed by atoms with van der Waals surface area (Å²) in [5.74, 6) is -0.396. The van der Waals surface area contributed by atoms with Gasteiger partial charge in [-0.2, -0.15) is 8.42 Å². The first-order valence-electron chi connectivity index (χ1n) is 10.7. The van der Waals surface area contributed by atoms with Crippen LogP contribution < -0.4 is 9.50 Å². The summed E-state index contributed by atoms with van der Waals surface area (Å²) in [4.78, 5) is 14.3. The number of benzene rings is 2. The summed E-state index contributed by atoms with van der Waals surface area (Å²) in [6.07, 6.45) is 5.47. The topological polar surface area (TPSA) is 84.9 Å². The zero-order valence-corrected chi connectivity index (χ0v) is 18.9. The molecule has 0 atom stereocenters. The monoisotopic (exact) mass is 464 g/mol. The Morgan fingerprint density at radius 2 is 1.72 bits per heavy atom. The minimum atomic E-state index is -4.07. The molecule has 1 aliphatic carbocycles. The average Bonchev–Trinajstić information content (AvgIpc) is 2.78. The molecule has 2 aromatic rings. The molecule has 3 rings (SSSR count). The predicted molar refractivity (Wildman–Crippen MR) is 118 cm³/mol. The minimum Gasteiger partial charge on any atom is -0.383 e. The Labute approximate surface area is 188 Å². The van der Waals surface area contributed by atoms with Gasteiger partial charge in [0, 0.05) is 26.2 Å². The van der Waals surface area contributed by atoms with E-state index in [1.165, 1.54) is 18.6 Å². The highest BCUT2D eigenvalue weighted by molar-refractivity contribution is 7.87. The van der Waals surface area contributed by atoms with Crippen molar-refractivity contribution in [2.24, 2.45) is 0 Å². The van der Waals surface area contributed by atoms with E-state index in [4.69, 9.17) is 8.92 Å². The van der Waals surface area contributed by atoms with Crippen molar-refractivity contribution in [3.8, 4) is 5.75 Å². The Morgan fingerprint density at radius 1 is 1.06 bits per heavy atom. The highest BCUT2D eigenvalue weighted by Gasteiger charge is 2.21. The fourth-order valence-electron chi connectivity index (χ4n) is 3.61. The normalized spacial score (nSPS) is 14.7. The highest BCUT2D eigenvalue weighted by atomic mass is 32.2. The lowest BCUT2D eigenvalue weighted by Crippen LogP contribution is -2.46. The molecular weight excluding hydrogens is 435 g/mol. The van der Waals surface area contributed by atoms with Gasteiger partial charge in [0.2, 0.25) is 0 Å². The van der Waals surface area contributed by atoms with Gasteiger partial charge in [-0.1, -0.05) is 31.4 Å². The number of halogens is 1. The maximum Gasteiger partial charge on any atom is 0.339 e. The van der Waals surface area contributed by atoms with E-state index in [2.05, 4.69) is 5.32 Å². The standard InChI is InChI=1S/C23H29FN2O5S/c1-30-16-15-26(23(27)25-20-5-3-2-4-6-20)17-18-7-11-21(12-8-18)31-32(28,29)22-13-9-19(24)10-14-22/h7-14,20H,2-6,15-17H2,1H3,(H,25,27). The van der Waals surface area contributed by atoms with E-state index in [-0.39, 0.29) is 22.7 Å². The van der Waals surface area contributed by atoms with Crippen LogP contribution in [0.25, 0.3) is 0 Å². The van der Waals surface area contributed by atoms with Gasteiger partial charge in [0.05, 0.1) is 6.61 Å². The lowest BCUT2D eigenvalue weighted by atomic mass is 9.96. The number of carbonyl (C=O) groups is 1. The van der Waals surface area contributed by atoms with E-state index in [9.17, 15) is 17.6 Å². The molecule has 32 heavy (non-hydrogen) atoms. The summed E-state index contributed by atoms with van der Waals surface area (Å²) in [5, 5.41) is 3.11. The number of carbonyl (C=O) groups excluding carboxylic acids is 1. The van der Waals surface area contributed by atoms with Crippen molar-refractivity contribution in [2.45, 2.75) is 49.6 Å². The zero-order valence-electron chi connectivity index (χ0n) is 18.1. The molecule has 1 aliphatic rings. The maximum atomic E-state index is 13.0. The van der Waals surface area contributed by atoms with E-state index in [1.54, 1.807) is 24.1 Å². The molecule has 9 heteroatoms. The Kier molecular flexibility index (Phi) is 8.46. The number of rotatable bonds is 9. The predicted octanol–water partition coefficient (Wildman–Crippen LogP) is 4.08. The van der Waals surface area contributed by atoms with Crippen LogP contribution in [-0.2, 0) is 21.4 Å². The van der Waals surface area contributed by atoms with Crippen LogP contribution in [0.1, 0.15) is 37.7 Å². The van der Waals surface area contributed by atoms with Crippen molar-refractivity contribution in [3.63, 3.8) is 0 Å². The summed E-state index contributed by atoms with van der Waals surface area (Å²) >= 11 is 0. The Balaban J connectivity index is 1.63. The molecule has 0 aromatic heterocycles. The molecule has 2 amide bonds. The molecule has 0 heterocycles. The van der Waals surface area contributed by atoms with Gasteiger partial charge in [0.1, 0.15) is 16.5 Å². The van der Waals surface area contributed by atoms with Crippen LogP contribution in [0.3, 0.4) is 0 Å². The quantitative estimate of drug-likeness (QED) is 0.565. The fraction of sp³-hybridized carbons (Fsp3) is 0.435. The number of methoxy groups -OCH3 is 1. The van der Waals surface area contributed by atoms with Gasteiger partial charge < -0.3 is 19.1 Å². The second-order valence-corrected chi connectivity index (χ2v) is 9.38. The molecule has 1 fully saturated rings. The van der Waals surface area contributed by atoms with Crippen molar-refractivity contribution in [2.75, 3.05) is 20.3 Å². The average molecular weight is 465 g/mol. The Morgan fingerprint density at radius 3 is 2.34 bits per heavy atom. The highest BCUT2D eigenvalue weighted by Crippen LogP contribution is 2.21. The van der Waals surface area contributed by atoms with Crippen LogP contribution >= 0.6 is 0 Å². The molecule has 0 bridgehead atoms. The third-order valence-electron chi connectivity index (χ3n) is 5.39. The summed E-state index contributed by atoms with van der Waals surface area (Å²) in [7, 11) is -2.48. The van der Waals surface area contributed by atoms with Crippen molar-refractivity contribution < 1.29 is 26.5 Å². The van der Waals surface area contributed by atoms with Crippen LogP contribution in [0.2, 0.25) is 0 Å². The minimum absolute atomic E-state index is 0.131. The van der Waals surface area contributed by atoms with E-state index < -0.39 is 15.9 Å². The van der Waals surface area contributed by atoms with Gasteiger partial charge in [-0.3, -0.25) is 0 Å². The third-order valence-corrected chi connectivity index (χ3v) is 6.65. The van der Waals surface area contributed by atoms with Gasteiger partial charge in [0.25, 0.3) is 0 Å². The van der Waals surface area contributed by atoms with Crippen LogP contribution in [0.4, 0.5) is 9.18 Å². The van der Waals surface area contributed by atoms with E-state index in [1.807, 2.05) is 0 Å². The zero-order chi connectivity index (χ0) is 23.0. The number of nitrogens with zero attached hydrogens (tertiary/aromatic N) is 1. The SMILES string of the molecule is COCCN(Cc1ccc(OS(=O)(=O)c2ccc(F)cc2)cc1)C(=O)NC1CCCCC1. The van der Waals surface area contributed by atoms with Gasteiger partial charge >= 0.3 is 16.1 Å². The van der Waals surface area contributed by atoms with Gasteiger partial charge in [-0.05, 0) is 54.8 Å². The molecule has 2 aromatic carbocycles. The first kappa shape index (κ1) is 24.0. The Hall–Kier alpha value is -2.65.